The summed E-state index contributed by atoms with van der Waals surface area (Å²) in [5.41, 5.74) is 0.617. The van der Waals surface area contributed by atoms with E-state index < -0.39 is 23.3 Å². The predicted molar refractivity (Wildman–Crippen MR) is 132 cm³/mol. The summed E-state index contributed by atoms with van der Waals surface area (Å²) in [7, 11) is 0. The molecule has 0 saturated heterocycles. The molecular weight excluding hydrogens is 476 g/mol. The lowest BCUT2D eigenvalue weighted by atomic mass is 9.85. The number of rotatable bonds is 6. The van der Waals surface area contributed by atoms with Crippen molar-refractivity contribution < 1.29 is 23.3 Å². The zero-order valence-electron chi connectivity index (χ0n) is 21.5. The molecule has 0 radical (unpaired) electrons. The number of fused-ring (bicyclic) bond motifs is 1. The van der Waals surface area contributed by atoms with Crippen LogP contribution in [0.25, 0.3) is 11.4 Å². The highest BCUT2D eigenvalue weighted by atomic mass is 19.1. The first kappa shape index (κ1) is 25.2. The largest absolute Gasteiger partial charge is 0.379 e. The Morgan fingerprint density at radius 1 is 1.16 bits per heavy atom. The van der Waals surface area contributed by atoms with Gasteiger partial charge in [0.2, 0.25) is 6.33 Å². The average Bonchev–Trinajstić information content (AvgIpc) is 3.52. The third-order valence-corrected chi connectivity index (χ3v) is 7.30. The number of nitrogens with zero attached hydrogens (tertiary/aromatic N) is 5. The second-order valence-electron chi connectivity index (χ2n) is 10.8. The maximum absolute atomic E-state index is 15.0. The number of halogens is 2. The van der Waals surface area contributed by atoms with Gasteiger partial charge in [0.1, 0.15) is 36.9 Å². The van der Waals surface area contributed by atoms with Crippen LogP contribution in [-0.4, -0.2) is 42.8 Å². The maximum Gasteiger partial charge on any atom is 0.333 e. The molecule has 194 valence electrons. The Balaban J connectivity index is 1.45. The van der Waals surface area contributed by atoms with Crippen LogP contribution in [0, 0.1) is 11.6 Å². The van der Waals surface area contributed by atoms with Gasteiger partial charge < -0.3 is 5.11 Å². The van der Waals surface area contributed by atoms with Gasteiger partial charge in [-0.3, -0.25) is 4.90 Å². The minimum atomic E-state index is -1.67. The van der Waals surface area contributed by atoms with E-state index in [-0.39, 0.29) is 17.5 Å². The highest BCUT2D eigenvalue weighted by Gasteiger charge is 2.45. The van der Waals surface area contributed by atoms with Crippen LogP contribution in [0.1, 0.15) is 44.6 Å². The van der Waals surface area contributed by atoms with Crippen LogP contribution in [-0.2, 0) is 30.7 Å². The molecule has 1 aliphatic rings. The smallest absolute Gasteiger partial charge is 0.333 e. The number of hydrogen-bond donors (Lipinski definition) is 3. The summed E-state index contributed by atoms with van der Waals surface area (Å²) >= 11 is 0. The maximum atomic E-state index is 15.0. The van der Waals surface area contributed by atoms with Crippen molar-refractivity contribution in [2.45, 2.75) is 64.4 Å². The third-order valence-electron chi connectivity index (χ3n) is 7.30. The van der Waals surface area contributed by atoms with Crippen molar-refractivity contribution in [1.29, 1.82) is 0 Å². The zero-order valence-corrected chi connectivity index (χ0v) is 21.5. The summed E-state index contributed by atoms with van der Waals surface area (Å²) in [5.74, 6) is 0.125. The van der Waals surface area contributed by atoms with Gasteiger partial charge in [-0.25, -0.2) is 8.78 Å². The van der Waals surface area contributed by atoms with E-state index in [4.69, 9.17) is 4.98 Å². The van der Waals surface area contributed by atoms with E-state index >= 15 is 0 Å². The fourth-order valence-corrected chi connectivity index (χ4v) is 4.98. The number of aliphatic hydroxyl groups is 1. The van der Waals surface area contributed by atoms with E-state index in [9.17, 15) is 13.9 Å². The van der Waals surface area contributed by atoms with Crippen molar-refractivity contribution in [1.82, 2.24) is 25.1 Å². The van der Waals surface area contributed by atoms with Crippen molar-refractivity contribution in [2.24, 2.45) is 0 Å². The lowest BCUT2D eigenvalue weighted by Gasteiger charge is -2.40. The van der Waals surface area contributed by atoms with Gasteiger partial charge in [0.15, 0.2) is 0 Å². The van der Waals surface area contributed by atoms with Crippen molar-refractivity contribution in [3.05, 3.63) is 83.7 Å². The molecule has 2 aromatic heterocycles. The van der Waals surface area contributed by atoms with Gasteiger partial charge in [-0.2, -0.15) is 19.6 Å². The monoisotopic (exact) mass is 509 g/mol. The molecule has 0 fully saturated rings. The molecule has 5 rings (SSSR count). The lowest BCUT2D eigenvalue weighted by Crippen LogP contribution is -2.61. The Morgan fingerprint density at radius 2 is 1.97 bits per heavy atom. The zero-order chi connectivity index (χ0) is 26.4. The minimum absolute atomic E-state index is 0.0125. The Kier molecular flexibility index (Phi) is 6.41. The van der Waals surface area contributed by atoms with E-state index in [1.54, 1.807) is 4.68 Å². The molecule has 3 heterocycles. The Hall–Kier alpha value is -3.50. The van der Waals surface area contributed by atoms with Gasteiger partial charge >= 0.3 is 12.2 Å². The van der Waals surface area contributed by atoms with Crippen LogP contribution in [0.5, 0.6) is 0 Å². The molecule has 3 N–H and O–H groups in total. The van der Waals surface area contributed by atoms with Crippen LogP contribution < -0.4 is 9.36 Å². The molecule has 8 nitrogen and oxygen atoms in total. The molecule has 0 amide bonds. The normalized spacial score (nSPS) is 16.8. The van der Waals surface area contributed by atoms with Crippen LogP contribution in [0.2, 0.25) is 0 Å². The van der Waals surface area contributed by atoms with Gasteiger partial charge in [0, 0.05) is 29.8 Å². The van der Waals surface area contributed by atoms with Gasteiger partial charge in [-0.05, 0) is 46.1 Å². The molecule has 0 bridgehead atoms. The Labute approximate surface area is 214 Å². The number of H-pyrrole nitrogens is 2. The van der Waals surface area contributed by atoms with E-state index in [0.29, 0.717) is 19.6 Å². The Morgan fingerprint density at radius 3 is 2.68 bits per heavy atom. The van der Waals surface area contributed by atoms with Crippen LogP contribution in [0.15, 0.2) is 55.1 Å². The summed E-state index contributed by atoms with van der Waals surface area (Å²) < 4.78 is 32.3. The third kappa shape index (κ3) is 4.91. The van der Waals surface area contributed by atoms with Crippen molar-refractivity contribution in [3.63, 3.8) is 0 Å². The van der Waals surface area contributed by atoms with Crippen LogP contribution in [0.3, 0.4) is 0 Å². The molecule has 0 unspecified atom stereocenters. The Bertz CT molecular complexity index is 1400. The molecule has 2 atom stereocenters. The van der Waals surface area contributed by atoms with Crippen LogP contribution in [0.4, 0.5) is 8.78 Å². The summed E-state index contributed by atoms with van der Waals surface area (Å²) in [6.07, 6.45) is 3.00. The molecule has 4 aromatic rings. The summed E-state index contributed by atoms with van der Waals surface area (Å²) in [6.45, 7) is 10.1. The predicted octanol–water partition coefficient (Wildman–Crippen LogP) is 2.74. The number of aromatic nitrogens is 6. The van der Waals surface area contributed by atoms with Crippen molar-refractivity contribution in [2.75, 3.05) is 6.54 Å². The van der Waals surface area contributed by atoms with E-state index in [2.05, 4.69) is 53.0 Å². The molecule has 37 heavy (non-hydrogen) atoms. The minimum Gasteiger partial charge on any atom is -0.379 e. The average molecular weight is 510 g/mol. The van der Waals surface area contributed by atoms with E-state index in [1.165, 1.54) is 30.4 Å². The standard InChI is InChI=1S/C27H31F2N7O/c1-18(27(37,15-35-17-30-16-31-35)22-9-8-21(28)13-23(22)29)34-10-11-36-24(14-34)32-25(33-36)19-6-5-7-20(12-19)26(2,3)4/h5-9,12-13,16-18,37H,10-11,14-15H2,1-4H3/p+2/t18-,27-/m1/s1. The van der Waals surface area contributed by atoms with Crippen molar-refractivity contribution >= 4 is 0 Å². The summed E-state index contributed by atoms with van der Waals surface area (Å²) in [5, 5.41) is 18.3. The molecule has 10 heteroatoms. The molecule has 0 saturated carbocycles. The molecule has 0 spiro atoms. The van der Waals surface area contributed by atoms with Gasteiger partial charge in [0.05, 0.1) is 0 Å². The second-order valence-corrected chi connectivity index (χ2v) is 10.8. The summed E-state index contributed by atoms with van der Waals surface area (Å²) in [6, 6.07) is 11.1. The molecular formula is C27H33F2N7O+2. The van der Waals surface area contributed by atoms with Gasteiger partial charge in [-0.15, -0.1) is 0 Å². The highest BCUT2D eigenvalue weighted by Crippen LogP contribution is 2.33. The highest BCUT2D eigenvalue weighted by molar-refractivity contribution is 5.56. The molecule has 0 aliphatic carbocycles. The fraction of sp³-hybridized carbons (Fsp3) is 0.407. The van der Waals surface area contributed by atoms with Gasteiger partial charge in [-0.1, -0.05) is 39.0 Å². The van der Waals surface area contributed by atoms with Gasteiger partial charge in [0.25, 0.3) is 5.82 Å². The number of benzene rings is 2. The number of nitrogens with one attached hydrogen (secondary N) is 2. The van der Waals surface area contributed by atoms with E-state index in [1.807, 2.05) is 23.7 Å². The number of hydrogen-bond acceptors (Lipinski definition) is 4. The van der Waals surface area contributed by atoms with Crippen LogP contribution >= 0.6 is 0 Å². The second kappa shape index (κ2) is 9.42. The number of aromatic amines is 2. The first-order valence-corrected chi connectivity index (χ1v) is 12.4. The first-order valence-electron chi connectivity index (χ1n) is 12.4. The molecule has 2 aromatic carbocycles. The van der Waals surface area contributed by atoms with Crippen molar-refractivity contribution in [3.8, 4) is 11.4 Å². The quantitative estimate of drug-likeness (QED) is 0.349. The lowest BCUT2D eigenvalue weighted by molar-refractivity contribution is -0.768. The topological polar surface area (TPSA) is 88.6 Å². The molecule has 1 aliphatic heterocycles. The van der Waals surface area contributed by atoms with E-state index in [0.717, 1.165) is 23.3 Å². The first-order chi connectivity index (χ1) is 17.5. The fourth-order valence-electron chi connectivity index (χ4n) is 4.98. The summed E-state index contributed by atoms with van der Waals surface area (Å²) in [4.78, 5) is 11.0. The SMILES string of the molecule is C[C@@H](N1CC[n+]2[nH]c(-c3cccc(C(C)(C)C)c3)nc2C1)[C@](O)(C[n+]1cnc[nH]1)c1ccc(F)cc1F.